The molecule has 0 aliphatic carbocycles. The van der Waals surface area contributed by atoms with Crippen molar-refractivity contribution in [1.29, 1.82) is 0 Å². The van der Waals surface area contributed by atoms with Gasteiger partial charge in [-0.2, -0.15) is 0 Å². The van der Waals surface area contributed by atoms with Crippen molar-refractivity contribution in [2.75, 3.05) is 0 Å². The molecule has 1 aromatic rings. The maximum Gasteiger partial charge on any atom is 0.270 e. The van der Waals surface area contributed by atoms with E-state index in [0.29, 0.717) is 0 Å². The highest BCUT2D eigenvalue weighted by molar-refractivity contribution is 6.34. The summed E-state index contributed by atoms with van der Waals surface area (Å²) in [5.74, 6) is -1.32. The Morgan fingerprint density at radius 2 is 2.11 bits per heavy atom. The summed E-state index contributed by atoms with van der Waals surface area (Å²) in [6, 6.07) is 2.56. The van der Waals surface area contributed by atoms with Crippen LogP contribution in [-0.2, 0) is 4.79 Å². The molecule has 1 aromatic carbocycles. The number of carbonyl (C=O) groups excluding carboxylic acids is 2. The Hall–Kier alpha value is -2.15. The van der Waals surface area contributed by atoms with Crippen LogP contribution in [0.4, 0.5) is 5.69 Å². The van der Waals surface area contributed by atoms with Gasteiger partial charge in [0.2, 0.25) is 5.91 Å². The highest BCUT2D eigenvalue weighted by Crippen LogP contribution is 2.22. The Kier molecular flexibility index (Phi) is 4.22. The average molecular weight is 272 g/mol. The van der Waals surface area contributed by atoms with E-state index >= 15 is 0 Å². The van der Waals surface area contributed by atoms with Gasteiger partial charge >= 0.3 is 0 Å². The average Bonchev–Trinajstić information content (AvgIpc) is 2.28. The maximum atomic E-state index is 11.7. The number of nitrogens with one attached hydrogen (secondary N) is 1. The van der Waals surface area contributed by atoms with Crippen molar-refractivity contribution in [2.24, 2.45) is 5.73 Å². The topological polar surface area (TPSA) is 115 Å². The third-order valence-electron chi connectivity index (χ3n) is 2.18. The molecule has 0 radical (unpaired) electrons. The van der Waals surface area contributed by atoms with Crippen molar-refractivity contribution in [3.8, 4) is 0 Å². The van der Waals surface area contributed by atoms with Gasteiger partial charge in [-0.25, -0.2) is 0 Å². The number of nitro groups is 1. The molecule has 0 bridgehead atoms. The summed E-state index contributed by atoms with van der Waals surface area (Å²) in [7, 11) is 0. The summed E-state index contributed by atoms with van der Waals surface area (Å²) < 4.78 is 0. The minimum Gasteiger partial charge on any atom is -0.368 e. The van der Waals surface area contributed by atoms with Crippen LogP contribution in [0.3, 0.4) is 0 Å². The van der Waals surface area contributed by atoms with Crippen LogP contribution in [0.25, 0.3) is 0 Å². The van der Waals surface area contributed by atoms with Crippen LogP contribution in [-0.4, -0.2) is 22.8 Å². The van der Waals surface area contributed by atoms with Crippen LogP contribution in [0.1, 0.15) is 17.3 Å². The van der Waals surface area contributed by atoms with Crippen molar-refractivity contribution in [1.82, 2.24) is 5.32 Å². The van der Waals surface area contributed by atoms with E-state index in [1.54, 1.807) is 0 Å². The highest BCUT2D eigenvalue weighted by Gasteiger charge is 2.18. The van der Waals surface area contributed by atoms with E-state index in [9.17, 15) is 19.7 Å². The van der Waals surface area contributed by atoms with Crippen molar-refractivity contribution in [2.45, 2.75) is 13.0 Å². The number of primary amides is 1. The SMILES string of the molecule is CC(NC(=O)c1ccc([N+](=O)[O-])cc1Cl)C(N)=O. The fourth-order valence-electron chi connectivity index (χ4n) is 1.15. The smallest absolute Gasteiger partial charge is 0.270 e. The Morgan fingerprint density at radius 3 is 2.56 bits per heavy atom. The number of rotatable bonds is 4. The number of amides is 2. The van der Waals surface area contributed by atoms with Crippen molar-refractivity contribution < 1.29 is 14.5 Å². The predicted octanol–water partition coefficient (Wildman–Crippen LogP) is 0.852. The second kappa shape index (κ2) is 5.46. The minimum absolute atomic E-state index is 0.0374. The standard InChI is InChI=1S/C10H10ClN3O4/c1-5(9(12)15)13-10(16)7-3-2-6(14(17)18)4-8(7)11/h2-5H,1H3,(H2,12,15)(H,13,16). The number of halogens is 1. The van der Waals surface area contributed by atoms with Gasteiger partial charge in [0.05, 0.1) is 15.5 Å². The molecule has 7 nitrogen and oxygen atoms in total. The number of benzene rings is 1. The van der Waals surface area contributed by atoms with Crippen LogP contribution in [0.15, 0.2) is 18.2 Å². The quantitative estimate of drug-likeness (QED) is 0.624. The fourth-order valence-corrected chi connectivity index (χ4v) is 1.41. The number of hydrogen-bond acceptors (Lipinski definition) is 4. The molecule has 0 saturated heterocycles. The van der Waals surface area contributed by atoms with Gasteiger partial charge in [0.15, 0.2) is 0 Å². The van der Waals surface area contributed by atoms with Crippen LogP contribution in [0, 0.1) is 10.1 Å². The largest absolute Gasteiger partial charge is 0.368 e. The third kappa shape index (κ3) is 3.17. The third-order valence-corrected chi connectivity index (χ3v) is 2.50. The first-order valence-electron chi connectivity index (χ1n) is 4.87. The number of nitrogens with zero attached hydrogens (tertiary/aromatic N) is 1. The number of non-ortho nitro benzene ring substituents is 1. The molecule has 1 unspecified atom stereocenters. The molecular formula is C10H10ClN3O4. The lowest BCUT2D eigenvalue weighted by molar-refractivity contribution is -0.384. The molecule has 0 aromatic heterocycles. The van der Waals surface area contributed by atoms with Crippen molar-refractivity contribution in [3.63, 3.8) is 0 Å². The monoisotopic (exact) mass is 271 g/mol. The summed E-state index contributed by atoms with van der Waals surface area (Å²) in [6.07, 6.45) is 0. The second-order valence-electron chi connectivity index (χ2n) is 3.52. The lowest BCUT2D eigenvalue weighted by Crippen LogP contribution is -2.42. The van der Waals surface area contributed by atoms with Gasteiger partial charge < -0.3 is 11.1 Å². The van der Waals surface area contributed by atoms with Gasteiger partial charge in [0.1, 0.15) is 6.04 Å². The Labute approximate surface area is 107 Å². The molecule has 0 aliphatic heterocycles. The van der Waals surface area contributed by atoms with Gasteiger partial charge in [0, 0.05) is 12.1 Å². The first-order valence-corrected chi connectivity index (χ1v) is 5.25. The Bertz CT molecular complexity index is 518. The first kappa shape index (κ1) is 13.9. The summed E-state index contributed by atoms with van der Waals surface area (Å²) in [5.41, 5.74) is 4.80. The zero-order valence-corrected chi connectivity index (χ0v) is 10.1. The van der Waals surface area contributed by atoms with Crippen LogP contribution in [0.2, 0.25) is 5.02 Å². The minimum atomic E-state index is -0.858. The molecule has 0 fully saturated rings. The van der Waals surface area contributed by atoms with Gasteiger partial charge in [0.25, 0.3) is 11.6 Å². The molecule has 18 heavy (non-hydrogen) atoms. The van der Waals surface area contributed by atoms with Gasteiger partial charge in [-0.1, -0.05) is 11.6 Å². The van der Waals surface area contributed by atoms with E-state index in [0.717, 1.165) is 12.1 Å². The first-order chi connectivity index (χ1) is 8.32. The van der Waals surface area contributed by atoms with Crippen molar-refractivity contribution in [3.05, 3.63) is 38.9 Å². The molecule has 1 atom stereocenters. The lowest BCUT2D eigenvalue weighted by Gasteiger charge is -2.10. The van der Waals surface area contributed by atoms with E-state index in [-0.39, 0.29) is 16.3 Å². The number of carbonyl (C=O) groups is 2. The Morgan fingerprint density at radius 1 is 1.50 bits per heavy atom. The molecule has 2 amide bonds. The fraction of sp³-hybridized carbons (Fsp3) is 0.200. The zero-order chi connectivity index (χ0) is 13.9. The summed E-state index contributed by atoms with van der Waals surface area (Å²) in [6.45, 7) is 1.42. The van der Waals surface area contributed by atoms with E-state index in [1.807, 2.05) is 0 Å². The van der Waals surface area contributed by atoms with Gasteiger partial charge in [-0.05, 0) is 13.0 Å². The van der Waals surface area contributed by atoms with Crippen molar-refractivity contribution >= 4 is 29.1 Å². The van der Waals surface area contributed by atoms with Crippen LogP contribution < -0.4 is 11.1 Å². The molecular weight excluding hydrogens is 262 g/mol. The van der Waals surface area contributed by atoms with E-state index in [1.165, 1.54) is 13.0 Å². The predicted molar refractivity (Wildman–Crippen MR) is 64.2 cm³/mol. The second-order valence-corrected chi connectivity index (χ2v) is 3.93. The van der Waals surface area contributed by atoms with E-state index in [2.05, 4.69) is 5.32 Å². The van der Waals surface area contributed by atoms with Crippen LogP contribution >= 0.6 is 11.6 Å². The summed E-state index contributed by atoms with van der Waals surface area (Å²) in [5, 5.41) is 12.7. The van der Waals surface area contributed by atoms with E-state index in [4.69, 9.17) is 17.3 Å². The number of hydrogen-bond donors (Lipinski definition) is 2. The normalized spacial score (nSPS) is 11.7. The maximum absolute atomic E-state index is 11.7. The highest BCUT2D eigenvalue weighted by atomic mass is 35.5. The lowest BCUT2D eigenvalue weighted by atomic mass is 10.2. The molecule has 0 heterocycles. The molecule has 1 rings (SSSR count). The molecule has 0 aliphatic rings. The van der Waals surface area contributed by atoms with E-state index < -0.39 is 22.8 Å². The number of nitrogens with two attached hydrogens (primary N) is 1. The van der Waals surface area contributed by atoms with Gasteiger partial charge in [-0.3, -0.25) is 19.7 Å². The summed E-state index contributed by atoms with van der Waals surface area (Å²) >= 11 is 5.75. The van der Waals surface area contributed by atoms with Gasteiger partial charge in [-0.15, -0.1) is 0 Å². The molecule has 0 spiro atoms. The summed E-state index contributed by atoms with van der Waals surface area (Å²) in [4.78, 5) is 32.3. The number of nitro benzene ring substituents is 1. The zero-order valence-electron chi connectivity index (χ0n) is 9.34. The molecule has 8 heteroatoms. The molecule has 3 N–H and O–H groups in total. The Balaban J connectivity index is 2.94. The van der Waals surface area contributed by atoms with Crippen LogP contribution in [0.5, 0.6) is 0 Å². The molecule has 0 saturated carbocycles. The molecule has 96 valence electrons.